The molecule has 0 saturated heterocycles. The van der Waals surface area contributed by atoms with Crippen LogP contribution in [0.5, 0.6) is 0 Å². The van der Waals surface area contributed by atoms with E-state index in [4.69, 9.17) is 16.6 Å². The number of carboxylic acid groups (broad SMARTS) is 1. The fourth-order valence-electron chi connectivity index (χ4n) is 2.05. The van der Waals surface area contributed by atoms with Crippen molar-refractivity contribution in [3.05, 3.63) is 0 Å². The average Bonchev–Trinajstić information content (AvgIpc) is 2.62. The minimum atomic E-state index is -1.22. The Balaban J connectivity index is 4.78. The van der Waals surface area contributed by atoms with Gasteiger partial charge in [-0.05, 0) is 31.7 Å². The number of hydrogen-bond donors (Lipinski definition) is 7. The van der Waals surface area contributed by atoms with Crippen LogP contribution in [0.25, 0.3) is 0 Å². The molecule has 27 heavy (non-hydrogen) atoms. The van der Waals surface area contributed by atoms with E-state index in [1.165, 1.54) is 0 Å². The molecule has 0 aromatic heterocycles. The number of aliphatic carboxylic acids is 1. The smallest absolute Gasteiger partial charge is 0.327 e. The van der Waals surface area contributed by atoms with Crippen LogP contribution >= 0.6 is 12.6 Å². The number of unbranched alkanes of at least 4 members (excludes halogenated alkanes) is 1. The van der Waals surface area contributed by atoms with Crippen molar-refractivity contribution in [2.24, 2.45) is 17.4 Å². The molecule has 0 saturated carbocycles. The number of hydrogen-bond acceptors (Lipinski definition) is 7. The highest BCUT2D eigenvalue weighted by molar-refractivity contribution is 7.80. The van der Waals surface area contributed by atoms with E-state index >= 15 is 0 Å². The van der Waals surface area contributed by atoms with Gasteiger partial charge in [0.25, 0.3) is 0 Å². The standard InChI is InChI=1S/C16H31N5O5S/c1-9(2)13(18)15(24)19-7-12(22)20-10(5-3-4-6-17)14(23)21-11(8-27)16(25)26/h9-11,13,27H,3-8,17-18H2,1-2H3,(H,19,24)(H,20,22)(H,21,23)(H,25,26). The van der Waals surface area contributed by atoms with Gasteiger partial charge in [0.05, 0.1) is 12.6 Å². The zero-order valence-electron chi connectivity index (χ0n) is 15.7. The van der Waals surface area contributed by atoms with Crippen LogP contribution in [0.3, 0.4) is 0 Å². The van der Waals surface area contributed by atoms with E-state index in [9.17, 15) is 19.2 Å². The van der Waals surface area contributed by atoms with Gasteiger partial charge >= 0.3 is 5.97 Å². The summed E-state index contributed by atoms with van der Waals surface area (Å²) in [5, 5.41) is 16.3. The van der Waals surface area contributed by atoms with Crippen molar-refractivity contribution in [3.63, 3.8) is 0 Å². The minimum Gasteiger partial charge on any atom is -0.480 e. The van der Waals surface area contributed by atoms with Crippen molar-refractivity contribution < 1.29 is 24.3 Å². The summed E-state index contributed by atoms with van der Waals surface area (Å²) >= 11 is 3.89. The summed E-state index contributed by atoms with van der Waals surface area (Å²) in [6.07, 6.45) is 1.50. The first kappa shape index (κ1) is 25.1. The number of nitrogens with one attached hydrogen (secondary N) is 3. The molecule has 0 aromatic rings. The molecule has 0 aliphatic carbocycles. The van der Waals surface area contributed by atoms with Crippen molar-refractivity contribution in [1.29, 1.82) is 0 Å². The molecular weight excluding hydrogens is 374 g/mol. The molecule has 0 heterocycles. The molecule has 0 radical (unpaired) electrons. The second-order valence-electron chi connectivity index (χ2n) is 6.47. The highest BCUT2D eigenvalue weighted by Crippen LogP contribution is 2.02. The third-order valence-corrected chi connectivity index (χ3v) is 4.21. The first-order valence-corrected chi connectivity index (χ1v) is 9.44. The maximum Gasteiger partial charge on any atom is 0.327 e. The van der Waals surface area contributed by atoms with E-state index in [-0.39, 0.29) is 24.6 Å². The Morgan fingerprint density at radius 1 is 1.04 bits per heavy atom. The number of thiol groups is 1. The lowest BCUT2D eigenvalue weighted by atomic mass is 10.1. The predicted octanol–water partition coefficient (Wildman–Crippen LogP) is -1.80. The zero-order chi connectivity index (χ0) is 21.0. The number of rotatable bonds is 13. The lowest BCUT2D eigenvalue weighted by Crippen LogP contribution is -2.54. The molecule has 156 valence electrons. The predicted molar refractivity (Wildman–Crippen MR) is 104 cm³/mol. The molecular formula is C16H31N5O5S. The largest absolute Gasteiger partial charge is 0.480 e. The zero-order valence-corrected chi connectivity index (χ0v) is 16.6. The molecule has 0 rings (SSSR count). The number of carbonyl (C=O) groups is 4. The Kier molecular flexibility index (Phi) is 12.4. The summed E-state index contributed by atoms with van der Waals surface area (Å²) in [5.74, 6) is -3.08. The number of carboxylic acids is 1. The van der Waals surface area contributed by atoms with Gasteiger partial charge < -0.3 is 32.5 Å². The van der Waals surface area contributed by atoms with Crippen molar-refractivity contribution >= 4 is 36.3 Å². The van der Waals surface area contributed by atoms with Crippen molar-refractivity contribution in [2.45, 2.75) is 51.2 Å². The molecule has 10 nitrogen and oxygen atoms in total. The molecule has 3 amide bonds. The molecule has 0 spiro atoms. The van der Waals surface area contributed by atoms with Gasteiger partial charge in [0.2, 0.25) is 17.7 Å². The van der Waals surface area contributed by atoms with Crippen LogP contribution in [0.2, 0.25) is 0 Å². The van der Waals surface area contributed by atoms with Crippen LogP contribution in [0.15, 0.2) is 0 Å². The first-order valence-electron chi connectivity index (χ1n) is 8.80. The van der Waals surface area contributed by atoms with E-state index in [0.29, 0.717) is 19.4 Å². The quantitative estimate of drug-likeness (QED) is 0.140. The topological polar surface area (TPSA) is 177 Å². The third-order valence-electron chi connectivity index (χ3n) is 3.84. The molecule has 3 unspecified atom stereocenters. The average molecular weight is 406 g/mol. The number of nitrogens with two attached hydrogens (primary N) is 2. The SMILES string of the molecule is CC(C)C(N)C(=O)NCC(=O)NC(CCCCN)C(=O)NC(CS)C(=O)O. The summed E-state index contributed by atoms with van der Waals surface area (Å²) in [6.45, 7) is 3.65. The maximum atomic E-state index is 12.3. The monoisotopic (exact) mass is 405 g/mol. The van der Waals surface area contributed by atoms with Crippen LogP contribution in [0.4, 0.5) is 0 Å². The van der Waals surface area contributed by atoms with Gasteiger partial charge in [0, 0.05) is 5.75 Å². The Labute approximate surface area is 164 Å². The van der Waals surface area contributed by atoms with E-state index in [1.54, 1.807) is 13.8 Å². The van der Waals surface area contributed by atoms with Gasteiger partial charge in [0.15, 0.2) is 0 Å². The van der Waals surface area contributed by atoms with E-state index in [1.807, 2.05) is 0 Å². The Hall–Kier alpha value is -1.85. The molecule has 0 aliphatic heterocycles. The second kappa shape index (κ2) is 13.3. The van der Waals surface area contributed by atoms with Gasteiger partial charge in [-0.2, -0.15) is 12.6 Å². The summed E-state index contributed by atoms with van der Waals surface area (Å²) in [4.78, 5) is 47.2. The summed E-state index contributed by atoms with van der Waals surface area (Å²) in [7, 11) is 0. The molecule has 0 aliphatic rings. The van der Waals surface area contributed by atoms with E-state index in [0.717, 1.165) is 0 Å². The normalized spacial score (nSPS) is 14.1. The Morgan fingerprint density at radius 2 is 1.67 bits per heavy atom. The lowest BCUT2D eigenvalue weighted by Gasteiger charge is -2.21. The van der Waals surface area contributed by atoms with Crippen molar-refractivity contribution in [2.75, 3.05) is 18.8 Å². The minimum absolute atomic E-state index is 0.0861. The number of amides is 3. The molecule has 0 aromatic carbocycles. The summed E-state index contributed by atoms with van der Waals surface area (Å²) in [6, 6.07) is -2.85. The fraction of sp³-hybridized carbons (Fsp3) is 0.750. The van der Waals surface area contributed by atoms with Gasteiger partial charge in [-0.15, -0.1) is 0 Å². The molecule has 11 heteroatoms. The van der Waals surface area contributed by atoms with E-state index < -0.39 is 41.8 Å². The van der Waals surface area contributed by atoms with Crippen molar-refractivity contribution in [3.8, 4) is 0 Å². The van der Waals surface area contributed by atoms with Crippen molar-refractivity contribution in [1.82, 2.24) is 16.0 Å². The third kappa shape index (κ3) is 10.2. The Bertz CT molecular complexity index is 517. The maximum absolute atomic E-state index is 12.3. The first-order chi connectivity index (χ1) is 12.6. The summed E-state index contributed by atoms with van der Waals surface area (Å²) in [5.41, 5.74) is 11.1. The molecule has 0 fully saturated rings. The fourth-order valence-corrected chi connectivity index (χ4v) is 2.30. The van der Waals surface area contributed by atoms with Crippen LogP contribution in [0.1, 0.15) is 33.1 Å². The van der Waals surface area contributed by atoms with Gasteiger partial charge in [-0.3, -0.25) is 14.4 Å². The Morgan fingerprint density at radius 3 is 2.15 bits per heavy atom. The highest BCUT2D eigenvalue weighted by atomic mass is 32.1. The molecule has 8 N–H and O–H groups in total. The van der Waals surface area contributed by atoms with Gasteiger partial charge in [0.1, 0.15) is 12.1 Å². The molecule has 0 bridgehead atoms. The lowest BCUT2D eigenvalue weighted by molar-refractivity contribution is -0.141. The van der Waals surface area contributed by atoms with Crippen LogP contribution < -0.4 is 27.4 Å². The summed E-state index contributed by atoms with van der Waals surface area (Å²) < 4.78 is 0. The van der Waals surface area contributed by atoms with Crippen LogP contribution in [-0.4, -0.2) is 65.8 Å². The van der Waals surface area contributed by atoms with Gasteiger partial charge in [-0.25, -0.2) is 4.79 Å². The molecule has 3 atom stereocenters. The highest BCUT2D eigenvalue weighted by Gasteiger charge is 2.26. The van der Waals surface area contributed by atoms with Crippen LogP contribution in [-0.2, 0) is 19.2 Å². The second-order valence-corrected chi connectivity index (χ2v) is 6.84. The van der Waals surface area contributed by atoms with Gasteiger partial charge in [-0.1, -0.05) is 13.8 Å². The van der Waals surface area contributed by atoms with E-state index in [2.05, 4.69) is 28.6 Å². The van der Waals surface area contributed by atoms with Crippen LogP contribution in [0, 0.1) is 5.92 Å². The number of carbonyl (C=O) groups excluding carboxylic acids is 3.